The zero-order valence-electron chi connectivity index (χ0n) is 29.8. The number of ether oxygens (including phenoxy) is 7. The zero-order valence-corrected chi connectivity index (χ0v) is 29.8. The third-order valence-corrected chi connectivity index (χ3v) is 5.22. The molecule has 0 aliphatic heterocycles. The quantitative estimate of drug-likeness (QED) is 0.113. The molecule has 11 heteroatoms. The molecule has 0 heterocycles. The van der Waals surface area contributed by atoms with Crippen molar-refractivity contribution in [3.05, 3.63) is 48.5 Å². The van der Waals surface area contributed by atoms with E-state index in [-0.39, 0.29) is 37.5 Å². The Morgan fingerprint density at radius 3 is 1.39 bits per heavy atom. The molecule has 0 aliphatic rings. The fourth-order valence-corrected chi connectivity index (χ4v) is 3.33. The Hall–Kier alpha value is -4.42. The Morgan fingerprint density at radius 1 is 0.612 bits per heavy atom. The summed E-state index contributed by atoms with van der Waals surface area (Å²) in [5.74, 6) is 6.68. The summed E-state index contributed by atoms with van der Waals surface area (Å²) in [7, 11) is 0. The first-order valence-corrected chi connectivity index (χ1v) is 16.0. The number of phenols is 1. The number of terminal acetylenes is 2. The minimum absolute atomic E-state index is 0.0203. The molecule has 2 aromatic rings. The summed E-state index contributed by atoms with van der Waals surface area (Å²) >= 11 is 0. The maximum absolute atomic E-state index is 11.5. The van der Waals surface area contributed by atoms with Crippen LogP contribution >= 0.6 is 0 Å². The summed E-state index contributed by atoms with van der Waals surface area (Å²) in [6.07, 6.45) is 12.1. The number of rotatable bonds is 18. The first-order valence-electron chi connectivity index (χ1n) is 16.0. The van der Waals surface area contributed by atoms with Gasteiger partial charge in [0.05, 0.1) is 19.8 Å². The Labute approximate surface area is 292 Å². The van der Waals surface area contributed by atoms with Gasteiger partial charge in [0.15, 0.2) is 0 Å². The summed E-state index contributed by atoms with van der Waals surface area (Å²) in [6.45, 7) is 13.8. The molecule has 2 aromatic carbocycles. The van der Waals surface area contributed by atoms with E-state index >= 15 is 0 Å². The van der Waals surface area contributed by atoms with Crippen molar-refractivity contribution in [1.82, 2.24) is 0 Å². The van der Waals surface area contributed by atoms with E-state index in [2.05, 4.69) is 11.8 Å². The van der Waals surface area contributed by atoms with Gasteiger partial charge in [0.2, 0.25) is 0 Å². The van der Waals surface area contributed by atoms with E-state index in [0.717, 1.165) is 5.75 Å². The fourth-order valence-electron chi connectivity index (χ4n) is 3.33. The van der Waals surface area contributed by atoms with Crippen LogP contribution in [0.2, 0.25) is 0 Å². The minimum atomic E-state index is -0.437. The Bertz CT molecular complexity index is 1230. The van der Waals surface area contributed by atoms with Crippen LogP contribution in [0.15, 0.2) is 48.5 Å². The van der Waals surface area contributed by atoms with Gasteiger partial charge in [-0.3, -0.25) is 9.59 Å². The average Bonchev–Trinajstić information content (AvgIpc) is 3.02. The van der Waals surface area contributed by atoms with E-state index in [1.165, 1.54) is 0 Å². The Kier molecular flexibility index (Phi) is 24.1. The van der Waals surface area contributed by atoms with Crippen LogP contribution in [0, 0.1) is 24.7 Å². The molecular weight excluding hydrogens is 632 g/mol. The van der Waals surface area contributed by atoms with Crippen LogP contribution < -0.4 is 14.2 Å². The molecule has 0 saturated carbocycles. The van der Waals surface area contributed by atoms with Crippen molar-refractivity contribution < 1.29 is 53.0 Å². The van der Waals surface area contributed by atoms with Crippen molar-refractivity contribution in [2.24, 2.45) is 0 Å². The number of aliphatic hydroxyl groups excluding tert-OH is 1. The van der Waals surface area contributed by atoms with Crippen LogP contribution in [0.25, 0.3) is 0 Å². The van der Waals surface area contributed by atoms with Crippen molar-refractivity contribution in [2.75, 3.05) is 52.9 Å². The molecular formula is C38H54O11. The monoisotopic (exact) mass is 686 g/mol. The summed E-state index contributed by atoms with van der Waals surface area (Å²) in [5, 5.41) is 17.3. The number of aromatic hydroxyl groups is 1. The van der Waals surface area contributed by atoms with Gasteiger partial charge in [-0.25, -0.2) is 0 Å². The molecule has 0 aliphatic carbocycles. The van der Waals surface area contributed by atoms with Crippen molar-refractivity contribution in [2.45, 2.75) is 78.4 Å². The highest BCUT2D eigenvalue weighted by atomic mass is 16.6. The van der Waals surface area contributed by atoms with Crippen molar-refractivity contribution >= 4 is 11.9 Å². The first-order chi connectivity index (χ1) is 23.2. The van der Waals surface area contributed by atoms with Crippen LogP contribution in [0.4, 0.5) is 0 Å². The highest BCUT2D eigenvalue weighted by molar-refractivity contribution is 5.70. The molecule has 0 fully saturated rings. The molecule has 0 amide bonds. The van der Waals surface area contributed by atoms with Crippen LogP contribution in [0.5, 0.6) is 23.0 Å². The second-order valence-corrected chi connectivity index (χ2v) is 12.1. The molecule has 2 N–H and O–H groups in total. The number of hydrogen-bond acceptors (Lipinski definition) is 11. The second-order valence-electron chi connectivity index (χ2n) is 12.1. The lowest BCUT2D eigenvalue weighted by atomic mass is 10.2. The smallest absolute Gasteiger partial charge is 0.306 e. The second kappa shape index (κ2) is 26.5. The normalized spacial score (nSPS) is 10.5. The molecule has 0 saturated heterocycles. The third kappa shape index (κ3) is 29.5. The minimum Gasteiger partial charge on any atom is -0.508 e. The Balaban J connectivity index is 0.000000778. The first kappa shape index (κ1) is 44.6. The lowest BCUT2D eigenvalue weighted by molar-refractivity contribution is -0.156. The van der Waals surface area contributed by atoms with Crippen LogP contribution in [-0.4, -0.2) is 86.2 Å². The van der Waals surface area contributed by atoms with Crippen LogP contribution in [-0.2, 0) is 28.5 Å². The summed E-state index contributed by atoms with van der Waals surface area (Å²) in [6, 6.07) is 13.6. The zero-order chi connectivity index (χ0) is 37.0. The third-order valence-electron chi connectivity index (χ3n) is 5.22. The summed E-state index contributed by atoms with van der Waals surface area (Å²) < 4.78 is 36.6. The molecule has 11 nitrogen and oxygen atoms in total. The van der Waals surface area contributed by atoms with Crippen molar-refractivity contribution in [1.29, 1.82) is 0 Å². The lowest BCUT2D eigenvalue weighted by Gasteiger charge is -2.19. The highest BCUT2D eigenvalue weighted by Crippen LogP contribution is 2.18. The van der Waals surface area contributed by atoms with E-state index in [9.17, 15) is 9.59 Å². The maximum atomic E-state index is 11.5. The molecule has 49 heavy (non-hydrogen) atoms. The summed E-state index contributed by atoms with van der Waals surface area (Å²) in [5.41, 5.74) is -0.851. The molecule has 2 rings (SSSR count). The molecule has 0 radical (unpaired) electrons. The van der Waals surface area contributed by atoms with Gasteiger partial charge < -0.3 is 43.4 Å². The molecule has 0 atom stereocenters. The van der Waals surface area contributed by atoms with Gasteiger partial charge >= 0.3 is 11.9 Å². The number of benzene rings is 2. The number of esters is 2. The molecule has 0 unspecified atom stereocenters. The molecule has 0 spiro atoms. The number of carbonyl (C=O) groups excluding carboxylic acids is 2. The van der Waals surface area contributed by atoms with Crippen LogP contribution in [0.3, 0.4) is 0 Å². The number of hydrogen-bond donors (Lipinski definition) is 2. The van der Waals surface area contributed by atoms with E-state index in [0.29, 0.717) is 70.2 Å². The van der Waals surface area contributed by atoms with E-state index in [1.807, 2.05) is 53.7 Å². The fraction of sp³-hybridized carbons (Fsp3) is 0.526. The lowest BCUT2D eigenvalue weighted by Crippen LogP contribution is -2.23. The summed E-state index contributed by atoms with van der Waals surface area (Å²) in [4.78, 5) is 22.7. The van der Waals surface area contributed by atoms with Gasteiger partial charge in [0.25, 0.3) is 0 Å². The average molecular weight is 687 g/mol. The van der Waals surface area contributed by atoms with E-state index in [1.54, 1.807) is 36.4 Å². The van der Waals surface area contributed by atoms with Gasteiger partial charge in [-0.15, -0.1) is 12.8 Å². The van der Waals surface area contributed by atoms with Crippen molar-refractivity contribution in [3.8, 4) is 47.7 Å². The number of carbonyl (C=O) groups is 2. The van der Waals surface area contributed by atoms with E-state index in [4.69, 9.17) is 56.2 Å². The molecule has 272 valence electrons. The maximum Gasteiger partial charge on any atom is 0.306 e. The van der Waals surface area contributed by atoms with Gasteiger partial charge in [0.1, 0.15) is 54.0 Å². The van der Waals surface area contributed by atoms with Gasteiger partial charge in [-0.05, 0) is 103 Å². The SMILES string of the molecule is C#CCOc1ccc(O)cc1.C#CCOc1ccc(OCCOCCCC(=O)OC(C)(C)C)cc1.CC(C)(C)OC(=O)CCCOCCO. The highest BCUT2D eigenvalue weighted by Gasteiger charge is 2.16. The predicted octanol–water partition coefficient (Wildman–Crippen LogP) is 5.74. The topological polar surface area (TPSA) is 139 Å². The van der Waals surface area contributed by atoms with E-state index < -0.39 is 11.2 Å². The van der Waals surface area contributed by atoms with Gasteiger partial charge in [-0.1, -0.05) is 11.8 Å². The molecule has 0 aromatic heterocycles. The van der Waals surface area contributed by atoms with Gasteiger partial charge in [-0.2, -0.15) is 0 Å². The Morgan fingerprint density at radius 2 is 1.00 bits per heavy atom. The van der Waals surface area contributed by atoms with Crippen LogP contribution in [0.1, 0.15) is 67.2 Å². The molecule has 0 bridgehead atoms. The standard InChI is InChI=1S/C19H26O5.C10H20O4.C9H8O2/c1-5-12-22-16-8-10-17(11-9-16)23-15-14-21-13-6-7-18(20)24-19(2,3)4;1-10(2,3)14-9(12)5-4-7-13-8-6-11;1-2-7-11-9-5-3-8(10)4-6-9/h1,8-11H,6-7,12-15H2,2-4H3;11H,4-8H2,1-3H3;1,3-6,10H,7H2. The largest absolute Gasteiger partial charge is 0.508 e. The number of phenolic OH excluding ortho intramolecular Hbond substituents is 1. The van der Waals surface area contributed by atoms with Gasteiger partial charge in [0, 0.05) is 26.1 Å². The predicted molar refractivity (Wildman–Crippen MR) is 188 cm³/mol. The van der Waals surface area contributed by atoms with Crippen molar-refractivity contribution in [3.63, 3.8) is 0 Å². The number of aliphatic hydroxyl groups is 1.